The number of carboxylic acids is 1. The summed E-state index contributed by atoms with van der Waals surface area (Å²) in [6.07, 6.45) is -0.123. The predicted octanol–water partition coefficient (Wildman–Crippen LogP) is 6.20. The number of benzene rings is 2. The topological polar surface area (TPSA) is 147 Å². The molecule has 2 atom stereocenters. The Balaban J connectivity index is 1.48. The second kappa shape index (κ2) is 16.0. The van der Waals surface area contributed by atoms with Crippen LogP contribution in [0.3, 0.4) is 0 Å². The molecule has 0 fully saturated rings. The number of nitrogens with one attached hydrogen (secondary N) is 1. The van der Waals surface area contributed by atoms with Gasteiger partial charge in [0.25, 0.3) is 0 Å². The summed E-state index contributed by atoms with van der Waals surface area (Å²) < 4.78 is 15.9. The first-order chi connectivity index (χ1) is 20.0. The number of methoxy groups -OCH3 is 1. The van der Waals surface area contributed by atoms with Crippen LogP contribution in [0.1, 0.15) is 35.2 Å². The maximum Gasteiger partial charge on any atom is 0.339 e. The minimum absolute atomic E-state index is 0.0145. The first-order valence-electron chi connectivity index (χ1n) is 12.6. The van der Waals surface area contributed by atoms with Crippen LogP contribution in [-0.4, -0.2) is 64.8 Å². The zero-order valence-electron chi connectivity index (χ0n) is 22.3. The number of hydrogen-bond donors (Lipinski definition) is 4. The first kappa shape index (κ1) is 33.5. The van der Waals surface area contributed by atoms with E-state index in [1.54, 1.807) is 12.1 Å². The average molecular weight is 662 g/mol. The number of aryl methyl sites for hydroxylation is 1. The van der Waals surface area contributed by atoms with Crippen LogP contribution in [0.15, 0.2) is 42.6 Å². The summed E-state index contributed by atoms with van der Waals surface area (Å²) in [5.74, 6) is -0.993. The highest BCUT2D eigenvalue weighted by atomic mass is 35.5. The molecule has 4 N–H and O–H groups in total. The van der Waals surface area contributed by atoms with E-state index < -0.39 is 18.2 Å². The summed E-state index contributed by atoms with van der Waals surface area (Å²) in [6.45, 7) is 0.00537. The lowest BCUT2D eigenvalue weighted by molar-refractivity contribution is -0.140. The molecule has 0 amide bonds. The van der Waals surface area contributed by atoms with Gasteiger partial charge in [-0.25, -0.2) is 9.78 Å². The van der Waals surface area contributed by atoms with E-state index in [4.69, 9.17) is 55.9 Å². The molecular formula is C28H28Cl4N2O8. The molecule has 0 bridgehead atoms. The van der Waals surface area contributed by atoms with Gasteiger partial charge in [-0.1, -0.05) is 46.4 Å². The number of carboxylic acid groups (broad SMARTS) is 1. The van der Waals surface area contributed by atoms with Gasteiger partial charge in [-0.05, 0) is 48.4 Å². The fourth-order valence-corrected chi connectivity index (χ4v) is 5.01. The molecule has 0 aliphatic rings. The third-order valence-corrected chi connectivity index (χ3v) is 7.09. The molecule has 2 aromatic carbocycles. The second-order valence-electron chi connectivity index (χ2n) is 8.97. The molecule has 0 aliphatic carbocycles. The monoisotopic (exact) mass is 660 g/mol. The standard InChI is InChI=1S/C28H28Cl4N2O8/c1-40-24(37)5-4-15-11-18(29)25(19(30)12-15)41-9-6-22(35)23(36)7-10-42-26-20(31)13-16(14-21(26)32)34-27-17(28(38)39)3-2-8-33-27/h2-3,8,11-14,22-23,35-36H,4-7,9-10H2,1H3,(H,33,34)(H,38,39)/t22-,23-/m1/s1. The number of carbonyl (C=O) groups excluding carboxylic acids is 1. The molecular weight excluding hydrogens is 634 g/mol. The maximum atomic E-state index is 11.4. The summed E-state index contributed by atoms with van der Waals surface area (Å²) in [5, 5.41) is 33.7. The third kappa shape index (κ3) is 9.52. The number of aliphatic hydroxyl groups excluding tert-OH is 2. The van der Waals surface area contributed by atoms with Gasteiger partial charge >= 0.3 is 11.9 Å². The third-order valence-electron chi connectivity index (χ3n) is 5.97. The molecule has 42 heavy (non-hydrogen) atoms. The van der Waals surface area contributed by atoms with E-state index in [1.807, 2.05) is 0 Å². The molecule has 3 rings (SSSR count). The molecule has 0 saturated carbocycles. The number of anilines is 2. The van der Waals surface area contributed by atoms with Crippen LogP contribution < -0.4 is 14.8 Å². The van der Waals surface area contributed by atoms with Gasteiger partial charge in [0.2, 0.25) is 0 Å². The van der Waals surface area contributed by atoms with Crippen LogP contribution in [0.5, 0.6) is 11.5 Å². The minimum Gasteiger partial charge on any atom is -0.490 e. The number of halogens is 4. The Bertz CT molecular complexity index is 1360. The zero-order chi connectivity index (χ0) is 30.8. The van der Waals surface area contributed by atoms with Crippen LogP contribution in [0.4, 0.5) is 11.5 Å². The van der Waals surface area contributed by atoms with Crippen molar-refractivity contribution in [2.75, 3.05) is 25.6 Å². The highest BCUT2D eigenvalue weighted by Gasteiger charge is 2.19. The number of aromatic carboxylic acids is 1. The molecule has 0 saturated heterocycles. The van der Waals surface area contributed by atoms with Crippen molar-refractivity contribution < 1.29 is 39.1 Å². The van der Waals surface area contributed by atoms with Crippen molar-refractivity contribution in [1.82, 2.24) is 4.98 Å². The quantitative estimate of drug-likeness (QED) is 0.139. The number of esters is 1. The van der Waals surface area contributed by atoms with Crippen molar-refractivity contribution in [3.63, 3.8) is 0 Å². The van der Waals surface area contributed by atoms with E-state index >= 15 is 0 Å². The first-order valence-corrected chi connectivity index (χ1v) is 14.1. The number of nitrogens with zero attached hydrogens (tertiary/aromatic N) is 1. The summed E-state index contributed by atoms with van der Waals surface area (Å²) in [4.78, 5) is 26.8. The van der Waals surface area contributed by atoms with E-state index in [0.717, 1.165) is 5.56 Å². The lowest BCUT2D eigenvalue weighted by Crippen LogP contribution is -2.29. The maximum absolute atomic E-state index is 11.4. The van der Waals surface area contributed by atoms with Crippen molar-refractivity contribution in [2.24, 2.45) is 0 Å². The number of aliphatic hydroxyl groups is 2. The molecule has 1 aromatic heterocycles. The highest BCUT2D eigenvalue weighted by Crippen LogP contribution is 2.37. The minimum atomic E-state index is -1.15. The molecule has 0 aliphatic heterocycles. The molecule has 226 valence electrons. The van der Waals surface area contributed by atoms with Crippen LogP contribution in [-0.2, 0) is 16.0 Å². The Morgan fingerprint density at radius 3 is 1.93 bits per heavy atom. The number of aromatic nitrogens is 1. The molecule has 14 heteroatoms. The van der Waals surface area contributed by atoms with Crippen LogP contribution in [0.25, 0.3) is 0 Å². The van der Waals surface area contributed by atoms with Crippen molar-refractivity contribution in [3.05, 3.63) is 73.8 Å². The van der Waals surface area contributed by atoms with Gasteiger partial charge in [-0.2, -0.15) is 0 Å². The Kier molecular flexibility index (Phi) is 12.8. The smallest absolute Gasteiger partial charge is 0.339 e. The molecule has 0 spiro atoms. The largest absolute Gasteiger partial charge is 0.490 e. The fraction of sp³-hybridized carbons (Fsp3) is 0.321. The van der Waals surface area contributed by atoms with Crippen LogP contribution in [0.2, 0.25) is 20.1 Å². The van der Waals surface area contributed by atoms with E-state index in [0.29, 0.717) is 12.1 Å². The Morgan fingerprint density at radius 1 is 0.905 bits per heavy atom. The summed E-state index contributed by atoms with van der Waals surface area (Å²) in [5.41, 5.74) is 1.11. The van der Waals surface area contributed by atoms with Gasteiger partial charge < -0.3 is 34.8 Å². The van der Waals surface area contributed by atoms with E-state index in [1.165, 1.54) is 37.6 Å². The number of ether oxygens (including phenoxy) is 3. The van der Waals surface area contributed by atoms with Gasteiger partial charge in [-0.15, -0.1) is 0 Å². The van der Waals surface area contributed by atoms with Gasteiger partial charge in [0.05, 0.1) is 52.6 Å². The number of rotatable bonds is 15. The number of hydrogen-bond acceptors (Lipinski definition) is 9. The van der Waals surface area contributed by atoms with Crippen molar-refractivity contribution in [2.45, 2.75) is 37.9 Å². The van der Waals surface area contributed by atoms with Crippen LogP contribution in [0, 0.1) is 0 Å². The molecule has 1 heterocycles. The Morgan fingerprint density at radius 2 is 1.43 bits per heavy atom. The Labute approximate surface area is 262 Å². The van der Waals surface area contributed by atoms with E-state index in [9.17, 15) is 24.9 Å². The number of carbonyl (C=O) groups is 2. The summed E-state index contributed by atoms with van der Waals surface area (Å²) >= 11 is 25.2. The van der Waals surface area contributed by atoms with Crippen molar-refractivity contribution in [1.29, 1.82) is 0 Å². The van der Waals surface area contributed by atoms with Crippen LogP contribution >= 0.6 is 46.4 Å². The lowest BCUT2D eigenvalue weighted by atomic mass is 10.1. The molecule has 10 nitrogen and oxygen atoms in total. The molecule has 3 aromatic rings. The predicted molar refractivity (Wildman–Crippen MR) is 160 cm³/mol. The van der Waals surface area contributed by atoms with Gasteiger partial charge in [0.15, 0.2) is 11.5 Å². The lowest BCUT2D eigenvalue weighted by Gasteiger charge is -2.19. The SMILES string of the molecule is COC(=O)CCc1cc(Cl)c(OCC[C@@H](O)[C@H](O)CCOc2c(Cl)cc(Nc3ncccc3C(=O)O)cc2Cl)c(Cl)c1. The Hall–Kier alpha value is -2.99. The normalized spacial score (nSPS) is 12.4. The van der Waals surface area contributed by atoms with E-state index in [-0.39, 0.29) is 81.4 Å². The van der Waals surface area contributed by atoms with Crippen molar-refractivity contribution >= 4 is 69.8 Å². The second-order valence-corrected chi connectivity index (χ2v) is 10.6. The average Bonchev–Trinajstić information content (AvgIpc) is 2.94. The van der Waals surface area contributed by atoms with E-state index in [2.05, 4.69) is 15.0 Å². The molecule has 0 radical (unpaired) electrons. The molecule has 0 unspecified atom stereocenters. The number of pyridine rings is 1. The zero-order valence-corrected chi connectivity index (χ0v) is 25.3. The fourth-order valence-electron chi connectivity index (χ4n) is 3.78. The van der Waals surface area contributed by atoms with Gasteiger partial charge in [0.1, 0.15) is 11.4 Å². The highest BCUT2D eigenvalue weighted by molar-refractivity contribution is 6.38. The summed E-state index contributed by atoms with van der Waals surface area (Å²) in [7, 11) is 1.31. The van der Waals surface area contributed by atoms with Crippen molar-refractivity contribution in [3.8, 4) is 11.5 Å². The van der Waals surface area contributed by atoms with Gasteiger partial charge in [-0.3, -0.25) is 4.79 Å². The summed E-state index contributed by atoms with van der Waals surface area (Å²) in [6, 6.07) is 9.17. The van der Waals surface area contributed by atoms with Gasteiger partial charge in [0, 0.05) is 31.1 Å².